The van der Waals surface area contributed by atoms with Gasteiger partial charge in [0.25, 0.3) is 0 Å². The second-order valence-electron chi connectivity index (χ2n) is 9.44. The summed E-state index contributed by atoms with van der Waals surface area (Å²) in [5, 5.41) is 0. The monoisotopic (exact) mass is 288 g/mol. The van der Waals surface area contributed by atoms with Crippen LogP contribution in [0.25, 0.3) is 0 Å². The zero-order chi connectivity index (χ0) is 14.8. The molecule has 4 aliphatic rings. The number of ketones is 1. The van der Waals surface area contributed by atoms with Crippen LogP contribution in [-0.2, 0) is 4.79 Å². The van der Waals surface area contributed by atoms with E-state index in [1.165, 1.54) is 51.4 Å². The van der Waals surface area contributed by atoms with E-state index in [0.717, 1.165) is 18.3 Å². The Hall–Kier alpha value is -0.330. The van der Waals surface area contributed by atoms with Crippen molar-refractivity contribution in [2.75, 3.05) is 0 Å². The lowest BCUT2D eigenvalue weighted by molar-refractivity contribution is -0.152. The Morgan fingerprint density at radius 1 is 1.00 bits per heavy atom. The fourth-order valence-corrected chi connectivity index (χ4v) is 7.52. The van der Waals surface area contributed by atoms with E-state index in [1.807, 2.05) is 0 Å². The summed E-state index contributed by atoms with van der Waals surface area (Å²) in [4.78, 5) is 12.6. The third-order valence-electron chi connectivity index (χ3n) is 8.51. The number of carbonyl (C=O) groups is 1. The van der Waals surface area contributed by atoms with Gasteiger partial charge in [-0.3, -0.25) is 4.79 Å². The molecule has 0 radical (unpaired) electrons. The van der Waals surface area contributed by atoms with E-state index in [9.17, 15) is 4.79 Å². The molecule has 0 aromatic rings. The van der Waals surface area contributed by atoms with Crippen LogP contribution < -0.4 is 0 Å². The predicted molar refractivity (Wildman–Crippen MR) is 85.9 cm³/mol. The van der Waals surface area contributed by atoms with Crippen LogP contribution in [0.5, 0.6) is 0 Å². The van der Waals surface area contributed by atoms with Crippen molar-refractivity contribution in [2.45, 2.75) is 78.6 Å². The zero-order valence-electron chi connectivity index (χ0n) is 14.2. The molecule has 0 aromatic heterocycles. The van der Waals surface area contributed by atoms with E-state index < -0.39 is 0 Å². The molecule has 1 nitrogen and oxygen atoms in total. The number of hydrogen-bond donors (Lipinski definition) is 0. The normalized spacial score (nSPS) is 56.5. The van der Waals surface area contributed by atoms with Crippen molar-refractivity contribution < 1.29 is 4.79 Å². The molecule has 0 N–H and O–H groups in total. The highest BCUT2D eigenvalue weighted by Gasteiger charge is 2.62. The summed E-state index contributed by atoms with van der Waals surface area (Å²) in [6.07, 6.45) is 12.1. The first-order valence-electron chi connectivity index (χ1n) is 9.49. The Morgan fingerprint density at radius 2 is 1.81 bits per heavy atom. The Balaban J connectivity index is 1.85. The van der Waals surface area contributed by atoms with Crippen LogP contribution in [0.4, 0.5) is 0 Å². The molecule has 4 saturated carbocycles. The smallest absolute Gasteiger partial charge is 0.136 e. The molecular formula is C20H32O. The molecular weight excluding hydrogens is 256 g/mol. The van der Waals surface area contributed by atoms with Crippen molar-refractivity contribution in [2.24, 2.45) is 40.4 Å². The minimum atomic E-state index is 0.346. The van der Waals surface area contributed by atoms with Gasteiger partial charge in [-0.05, 0) is 73.0 Å². The van der Waals surface area contributed by atoms with Gasteiger partial charge < -0.3 is 0 Å². The molecule has 2 unspecified atom stereocenters. The number of hydrogen-bond acceptors (Lipinski definition) is 1. The molecule has 7 atom stereocenters. The van der Waals surface area contributed by atoms with E-state index in [-0.39, 0.29) is 0 Å². The molecule has 1 spiro atoms. The molecule has 1 heteroatoms. The molecule has 21 heavy (non-hydrogen) atoms. The largest absolute Gasteiger partial charge is 0.299 e. The van der Waals surface area contributed by atoms with E-state index in [4.69, 9.17) is 0 Å². The molecule has 2 bridgehead atoms. The van der Waals surface area contributed by atoms with Gasteiger partial charge in [0.2, 0.25) is 0 Å². The maximum absolute atomic E-state index is 12.6. The zero-order valence-corrected chi connectivity index (χ0v) is 14.2. The Kier molecular flexibility index (Phi) is 3.12. The third-order valence-corrected chi connectivity index (χ3v) is 8.51. The highest BCUT2D eigenvalue weighted by atomic mass is 16.1. The van der Waals surface area contributed by atoms with Crippen LogP contribution in [0.2, 0.25) is 0 Å². The van der Waals surface area contributed by atoms with Crippen LogP contribution in [0.1, 0.15) is 78.6 Å². The van der Waals surface area contributed by atoms with Crippen molar-refractivity contribution >= 4 is 5.78 Å². The second-order valence-corrected chi connectivity index (χ2v) is 9.44. The van der Waals surface area contributed by atoms with Crippen molar-refractivity contribution in [1.82, 2.24) is 0 Å². The molecule has 0 aromatic carbocycles. The highest BCUT2D eigenvalue weighted by molar-refractivity contribution is 5.82. The first-order valence-corrected chi connectivity index (χ1v) is 9.49. The molecule has 0 heterocycles. The number of fused-ring (bicyclic) bond motifs is 1. The van der Waals surface area contributed by atoms with Gasteiger partial charge in [0, 0.05) is 12.3 Å². The SMILES string of the molecule is CC1C(=O)CC2C[C@]3(C)CCC[C@]24[C@H]1CC[C@@H](C)[C@@H]4CC3. The molecule has 4 rings (SSSR count). The van der Waals surface area contributed by atoms with Crippen molar-refractivity contribution in [3.05, 3.63) is 0 Å². The Bertz CT molecular complexity index is 455. The summed E-state index contributed by atoms with van der Waals surface area (Å²) in [5.41, 5.74) is 1.08. The first kappa shape index (κ1) is 14.3. The molecule has 0 saturated heterocycles. The van der Waals surface area contributed by atoms with Gasteiger partial charge in [-0.1, -0.05) is 33.6 Å². The number of Topliss-reactive ketones (excluding diaryl/α,β-unsaturated/α-hetero) is 1. The lowest BCUT2D eigenvalue weighted by Crippen LogP contribution is -2.55. The Morgan fingerprint density at radius 3 is 2.62 bits per heavy atom. The lowest BCUT2D eigenvalue weighted by atomic mass is 9.44. The van der Waals surface area contributed by atoms with Crippen LogP contribution >= 0.6 is 0 Å². The van der Waals surface area contributed by atoms with Gasteiger partial charge in [-0.2, -0.15) is 0 Å². The summed E-state index contributed by atoms with van der Waals surface area (Å²) in [6.45, 7) is 7.32. The summed E-state index contributed by atoms with van der Waals surface area (Å²) in [7, 11) is 0. The van der Waals surface area contributed by atoms with Crippen LogP contribution in [0.15, 0.2) is 0 Å². The minimum Gasteiger partial charge on any atom is -0.299 e. The van der Waals surface area contributed by atoms with Crippen molar-refractivity contribution in [1.29, 1.82) is 0 Å². The summed E-state index contributed by atoms with van der Waals surface area (Å²) in [5.74, 6) is 4.18. The second kappa shape index (κ2) is 4.59. The molecule has 118 valence electrons. The first-order chi connectivity index (χ1) is 9.96. The fraction of sp³-hybridized carbons (Fsp3) is 0.950. The van der Waals surface area contributed by atoms with E-state index in [2.05, 4.69) is 20.8 Å². The highest BCUT2D eigenvalue weighted by Crippen LogP contribution is 2.68. The van der Waals surface area contributed by atoms with E-state index in [0.29, 0.717) is 34.4 Å². The minimum absolute atomic E-state index is 0.346. The van der Waals surface area contributed by atoms with Gasteiger partial charge >= 0.3 is 0 Å². The summed E-state index contributed by atoms with van der Waals surface area (Å²) >= 11 is 0. The average Bonchev–Trinajstić information content (AvgIpc) is 2.63. The van der Waals surface area contributed by atoms with Crippen molar-refractivity contribution in [3.63, 3.8) is 0 Å². The third kappa shape index (κ3) is 1.85. The van der Waals surface area contributed by atoms with Crippen LogP contribution in [-0.4, -0.2) is 5.78 Å². The van der Waals surface area contributed by atoms with Gasteiger partial charge in [0.1, 0.15) is 5.78 Å². The van der Waals surface area contributed by atoms with E-state index in [1.54, 1.807) is 0 Å². The predicted octanol–water partition coefficient (Wildman–Crippen LogP) is 5.23. The van der Waals surface area contributed by atoms with Gasteiger partial charge in [0.15, 0.2) is 0 Å². The number of rotatable bonds is 0. The summed E-state index contributed by atoms with van der Waals surface area (Å²) in [6, 6.07) is 0. The maximum atomic E-state index is 12.6. The topological polar surface area (TPSA) is 17.1 Å². The Labute approximate surface area is 130 Å². The summed E-state index contributed by atoms with van der Waals surface area (Å²) < 4.78 is 0. The molecule has 0 amide bonds. The maximum Gasteiger partial charge on any atom is 0.136 e. The fourth-order valence-electron chi connectivity index (χ4n) is 7.52. The lowest BCUT2D eigenvalue weighted by Gasteiger charge is -2.60. The molecule has 4 fully saturated rings. The average molecular weight is 288 g/mol. The van der Waals surface area contributed by atoms with Crippen molar-refractivity contribution in [3.8, 4) is 0 Å². The van der Waals surface area contributed by atoms with Gasteiger partial charge in [-0.25, -0.2) is 0 Å². The quantitative estimate of drug-likeness (QED) is 0.596. The standard InChI is InChI=1S/C20H32O/c1-13-5-6-17-14(2)18(21)11-15-12-19(3)8-4-9-20(15,17)16(13)7-10-19/h13-17H,4-12H2,1-3H3/t13-,14?,15?,16+,17+,19-,20+/m1/s1. The van der Waals surface area contributed by atoms with Gasteiger partial charge in [-0.15, -0.1) is 0 Å². The number of carbonyl (C=O) groups excluding carboxylic acids is 1. The van der Waals surface area contributed by atoms with E-state index >= 15 is 0 Å². The van der Waals surface area contributed by atoms with Crippen LogP contribution in [0, 0.1) is 40.4 Å². The van der Waals surface area contributed by atoms with Gasteiger partial charge in [0.05, 0.1) is 0 Å². The molecule has 4 aliphatic carbocycles. The molecule has 0 aliphatic heterocycles. The van der Waals surface area contributed by atoms with Crippen LogP contribution in [0.3, 0.4) is 0 Å².